The van der Waals surface area contributed by atoms with E-state index in [1.807, 2.05) is 0 Å². The van der Waals surface area contributed by atoms with E-state index in [9.17, 15) is 9.59 Å². The first-order valence-corrected chi connectivity index (χ1v) is 5.69. The highest BCUT2D eigenvalue weighted by Crippen LogP contribution is 2.43. The molecule has 1 unspecified atom stereocenters. The van der Waals surface area contributed by atoms with Crippen molar-refractivity contribution in [3.8, 4) is 0 Å². The summed E-state index contributed by atoms with van der Waals surface area (Å²) in [7, 11) is 1.31. The third-order valence-corrected chi connectivity index (χ3v) is 4.12. The molecule has 0 aromatic heterocycles. The monoisotopic (exact) mass is 216 g/mol. The molecule has 0 bridgehead atoms. The molecule has 0 aromatic carbocycles. The van der Waals surface area contributed by atoms with Gasteiger partial charge in [-0.05, 0) is 26.0 Å². The van der Waals surface area contributed by atoms with Gasteiger partial charge in [0, 0.05) is 10.7 Å². The number of ketones is 1. The van der Waals surface area contributed by atoms with Gasteiger partial charge in [-0.15, -0.1) is 0 Å². The van der Waals surface area contributed by atoms with E-state index in [2.05, 4.69) is 18.6 Å². The average Bonchev–Trinajstić information content (AvgIpc) is 2.45. The van der Waals surface area contributed by atoms with Crippen LogP contribution in [-0.4, -0.2) is 29.4 Å². The van der Waals surface area contributed by atoms with Crippen LogP contribution in [0, 0.1) is 5.92 Å². The van der Waals surface area contributed by atoms with Gasteiger partial charge in [0.25, 0.3) is 0 Å². The number of Topliss-reactive ketones (excluding diaryl/α,β-unsaturated/α-hetero) is 1. The first-order chi connectivity index (χ1) is 6.47. The van der Waals surface area contributed by atoms with Gasteiger partial charge in [0.2, 0.25) is 0 Å². The molecular weight excluding hydrogens is 200 g/mol. The quantitative estimate of drug-likeness (QED) is 0.531. The lowest BCUT2D eigenvalue weighted by Gasteiger charge is -2.24. The third kappa shape index (κ3) is 2.50. The highest BCUT2D eigenvalue weighted by molar-refractivity contribution is 8.00. The highest BCUT2D eigenvalue weighted by atomic mass is 32.2. The fourth-order valence-corrected chi connectivity index (χ4v) is 3.10. The number of methoxy groups -OCH3 is 1. The minimum Gasteiger partial charge on any atom is -0.469 e. The van der Waals surface area contributed by atoms with E-state index in [0.29, 0.717) is 0 Å². The maximum Gasteiger partial charge on any atom is 0.313 e. The molecule has 1 aliphatic rings. The second-order valence-electron chi connectivity index (χ2n) is 4.01. The number of hydrogen-bond donors (Lipinski definition) is 0. The summed E-state index contributed by atoms with van der Waals surface area (Å²) in [6.45, 7) is 4.12. The Balaban J connectivity index is 2.57. The van der Waals surface area contributed by atoms with Crippen LogP contribution in [0.4, 0.5) is 0 Å². The highest BCUT2D eigenvalue weighted by Gasteiger charge is 2.40. The third-order valence-electron chi connectivity index (χ3n) is 2.65. The molecule has 3 nitrogen and oxygen atoms in total. The lowest BCUT2D eigenvalue weighted by atomic mass is 9.87. The van der Waals surface area contributed by atoms with Crippen molar-refractivity contribution in [3.63, 3.8) is 0 Å². The predicted octanol–water partition coefficient (Wildman–Crippen LogP) is 1.65. The largest absolute Gasteiger partial charge is 0.469 e. The Morgan fingerprint density at radius 3 is 2.57 bits per heavy atom. The van der Waals surface area contributed by atoms with Crippen molar-refractivity contribution in [2.24, 2.45) is 5.92 Å². The number of hydrogen-bond acceptors (Lipinski definition) is 4. The summed E-state index contributed by atoms with van der Waals surface area (Å²) < 4.78 is 4.46. The van der Waals surface area contributed by atoms with Crippen LogP contribution in [0.3, 0.4) is 0 Å². The molecule has 0 aliphatic carbocycles. The Morgan fingerprint density at radius 1 is 1.50 bits per heavy atom. The van der Waals surface area contributed by atoms with Gasteiger partial charge in [-0.25, -0.2) is 0 Å². The number of rotatable bonds is 3. The van der Waals surface area contributed by atoms with Crippen LogP contribution < -0.4 is 0 Å². The fraction of sp³-hybridized carbons (Fsp3) is 0.800. The van der Waals surface area contributed by atoms with Crippen LogP contribution in [0.15, 0.2) is 0 Å². The molecule has 1 saturated heterocycles. The smallest absolute Gasteiger partial charge is 0.313 e. The molecule has 1 aliphatic heterocycles. The normalized spacial score (nSPS) is 24.6. The molecule has 0 aromatic rings. The Bertz CT molecular complexity index is 248. The summed E-state index contributed by atoms with van der Waals surface area (Å²) >= 11 is 1.80. The van der Waals surface area contributed by atoms with Gasteiger partial charge < -0.3 is 4.74 Å². The van der Waals surface area contributed by atoms with Gasteiger partial charge in [-0.2, -0.15) is 11.8 Å². The van der Waals surface area contributed by atoms with E-state index >= 15 is 0 Å². The molecule has 0 spiro atoms. The molecule has 4 heteroatoms. The molecule has 0 amide bonds. The van der Waals surface area contributed by atoms with Crippen LogP contribution >= 0.6 is 11.8 Å². The summed E-state index contributed by atoms with van der Waals surface area (Å²) in [6.07, 6.45) is 0.804. The van der Waals surface area contributed by atoms with Crippen molar-refractivity contribution in [1.29, 1.82) is 0 Å². The summed E-state index contributed by atoms with van der Waals surface area (Å²) in [5.74, 6) is 0.603. The number of ether oxygens (including phenoxy) is 1. The fourth-order valence-electron chi connectivity index (χ4n) is 1.77. The zero-order valence-corrected chi connectivity index (χ0v) is 9.65. The van der Waals surface area contributed by atoms with E-state index in [1.54, 1.807) is 11.8 Å². The van der Waals surface area contributed by atoms with E-state index in [-0.39, 0.29) is 22.9 Å². The molecule has 0 radical (unpaired) electrons. The minimum absolute atomic E-state index is 0.00611. The van der Waals surface area contributed by atoms with E-state index < -0.39 is 5.97 Å². The summed E-state index contributed by atoms with van der Waals surface area (Å²) in [6, 6.07) is 0. The summed E-state index contributed by atoms with van der Waals surface area (Å²) in [4.78, 5) is 22.7. The average molecular weight is 216 g/mol. The first-order valence-electron chi connectivity index (χ1n) is 4.71. The lowest BCUT2D eigenvalue weighted by molar-refractivity contribution is -0.144. The maximum absolute atomic E-state index is 11.7. The Kier molecular flexibility index (Phi) is 3.59. The van der Waals surface area contributed by atoms with Gasteiger partial charge in [-0.1, -0.05) is 0 Å². The Labute approximate surface area is 88.6 Å². The van der Waals surface area contributed by atoms with Crippen molar-refractivity contribution >= 4 is 23.5 Å². The van der Waals surface area contributed by atoms with Crippen molar-refractivity contribution in [2.75, 3.05) is 12.9 Å². The van der Waals surface area contributed by atoms with Gasteiger partial charge in [0.1, 0.15) is 12.2 Å². The molecule has 1 atom stereocenters. The van der Waals surface area contributed by atoms with E-state index in [1.165, 1.54) is 7.11 Å². The van der Waals surface area contributed by atoms with Crippen molar-refractivity contribution in [3.05, 3.63) is 0 Å². The van der Waals surface area contributed by atoms with Crippen LogP contribution in [0.5, 0.6) is 0 Å². The molecule has 1 rings (SSSR count). The molecule has 80 valence electrons. The molecule has 14 heavy (non-hydrogen) atoms. The van der Waals surface area contributed by atoms with Gasteiger partial charge in [0.05, 0.1) is 7.11 Å². The minimum atomic E-state index is -0.428. The van der Waals surface area contributed by atoms with Gasteiger partial charge in [0.15, 0.2) is 0 Å². The zero-order valence-electron chi connectivity index (χ0n) is 8.83. The maximum atomic E-state index is 11.7. The van der Waals surface area contributed by atoms with E-state index in [0.717, 1.165) is 12.2 Å². The SMILES string of the molecule is COC(=O)CC(=O)C1CCSC1(C)C. The second-order valence-corrected chi connectivity index (χ2v) is 5.76. The molecule has 0 saturated carbocycles. The predicted molar refractivity (Wildman–Crippen MR) is 56.3 cm³/mol. The number of thioether (sulfide) groups is 1. The van der Waals surface area contributed by atoms with Gasteiger partial charge >= 0.3 is 5.97 Å². The Morgan fingerprint density at radius 2 is 2.14 bits per heavy atom. The first kappa shape index (κ1) is 11.6. The number of esters is 1. The van der Waals surface area contributed by atoms with Crippen molar-refractivity contribution in [1.82, 2.24) is 0 Å². The van der Waals surface area contributed by atoms with Crippen LogP contribution in [0.1, 0.15) is 26.7 Å². The van der Waals surface area contributed by atoms with Gasteiger partial charge in [-0.3, -0.25) is 9.59 Å². The molecular formula is C10H16O3S. The van der Waals surface area contributed by atoms with Crippen LogP contribution in [-0.2, 0) is 14.3 Å². The summed E-state index contributed by atoms with van der Waals surface area (Å²) in [5.41, 5.74) is 0. The second kappa shape index (κ2) is 4.34. The number of carbonyl (C=O) groups is 2. The summed E-state index contributed by atoms with van der Waals surface area (Å²) in [5, 5.41) is 0. The van der Waals surface area contributed by atoms with Crippen molar-refractivity contribution in [2.45, 2.75) is 31.4 Å². The lowest BCUT2D eigenvalue weighted by Crippen LogP contribution is -2.31. The van der Waals surface area contributed by atoms with Crippen LogP contribution in [0.2, 0.25) is 0 Å². The van der Waals surface area contributed by atoms with Crippen molar-refractivity contribution < 1.29 is 14.3 Å². The van der Waals surface area contributed by atoms with E-state index in [4.69, 9.17) is 0 Å². The molecule has 1 heterocycles. The Hall–Kier alpha value is -0.510. The topological polar surface area (TPSA) is 43.4 Å². The zero-order chi connectivity index (χ0) is 10.8. The van der Waals surface area contributed by atoms with Crippen LogP contribution in [0.25, 0.3) is 0 Å². The number of carbonyl (C=O) groups excluding carboxylic acids is 2. The molecule has 0 N–H and O–H groups in total. The molecule has 1 fully saturated rings. The standard InChI is InChI=1S/C10H16O3S/c1-10(2)7(4-5-14-10)8(11)6-9(12)13-3/h7H,4-6H2,1-3H3.